The van der Waals surface area contributed by atoms with Gasteiger partial charge in [-0.1, -0.05) is 6.07 Å². The molecule has 0 bridgehead atoms. The van der Waals surface area contributed by atoms with Gasteiger partial charge in [0.25, 0.3) is 5.91 Å². The molecule has 1 aromatic carbocycles. The summed E-state index contributed by atoms with van der Waals surface area (Å²) in [5, 5.41) is 6.27. The van der Waals surface area contributed by atoms with Crippen LogP contribution in [0.15, 0.2) is 30.5 Å². The molecule has 1 aliphatic carbocycles. The Morgan fingerprint density at radius 3 is 3.04 bits per heavy atom. The number of hydrogen-bond acceptors (Lipinski definition) is 4. The van der Waals surface area contributed by atoms with E-state index in [2.05, 4.69) is 15.6 Å². The van der Waals surface area contributed by atoms with E-state index in [4.69, 9.17) is 4.74 Å². The third-order valence-corrected chi connectivity index (χ3v) is 5.02. The summed E-state index contributed by atoms with van der Waals surface area (Å²) >= 11 is 0. The molecule has 0 saturated carbocycles. The van der Waals surface area contributed by atoms with Crippen molar-refractivity contribution in [2.24, 2.45) is 0 Å². The molecule has 6 nitrogen and oxygen atoms in total. The van der Waals surface area contributed by atoms with Crippen LogP contribution in [0.1, 0.15) is 52.1 Å². The number of hydrogen-bond donors (Lipinski definition) is 3. The zero-order valence-corrected chi connectivity index (χ0v) is 14.6. The highest BCUT2D eigenvalue weighted by Gasteiger charge is 2.25. The molecule has 4 rings (SSSR count). The molecule has 1 saturated heterocycles. The van der Waals surface area contributed by atoms with Gasteiger partial charge in [0.1, 0.15) is 12.4 Å². The molecule has 1 unspecified atom stereocenters. The number of rotatable bonds is 5. The minimum Gasteiger partial charge on any atom is -0.492 e. The monoisotopic (exact) mass is 353 g/mol. The molecular formula is C20H23N3O3. The molecule has 1 amide bonds. The number of Topliss-reactive ketones (excluding diaryl/α,β-unsaturated/α-hetero) is 1. The van der Waals surface area contributed by atoms with Gasteiger partial charge in [0.15, 0.2) is 5.78 Å². The average molecular weight is 353 g/mol. The van der Waals surface area contributed by atoms with Crippen molar-refractivity contribution in [3.63, 3.8) is 0 Å². The second-order valence-corrected chi connectivity index (χ2v) is 6.92. The number of benzene rings is 1. The number of aromatic amines is 1. The van der Waals surface area contributed by atoms with Crippen molar-refractivity contribution in [2.75, 3.05) is 18.5 Å². The number of nitrogens with one attached hydrogen (secondary N) is 3. The van der Waals surface area contributed by atoms with Gasteiger partial charge in [-0.05, 0) is 44.4 Å². The maximum Gasteiger partial charge on any atom is 0.257 e. The van der Waals surface area contributed by atoms with Crippen LogP contribution in [0.3, 0.4) is 0 Å². The Hall–Kier alpha value is -2.60. The molecule has 1 fully saturated rings. The largest absolute Gasteiger partial charge is 0.492 e. The Morgan fingerprint density at radius 1 is 1.27 bits per heavy atom. The highest BCUT2D eigenvalue weighted by Crippen LogP contribution is 2.25. The molecule has 6 heteroatoms. The number of ether oxygens (including phenoxy) is 1. The maximum absolute atomic E-state index is 12.6. The predicted molar refractivity (Wildman–Crippen MR) is 99.0 cm³/mol. The number of amides is 1. The first kappa shape index (κ1) is 16.8. The number of fused-ring (bicyclic) bond motifs is 1. The molecular weight excluding hydrogens is 330 g/mol. The van der Waals surface area contributed by atoms with Crippen molar-refractivity contribution < 1.29 is 14.3 Å². The van der Waals surface area contributed by atoms with E-state index in [0.29, 0.717) is 35.9 Å². The second kappa shape index (κ2) is 7.33. The van der Waals surface area contributed by atoms with Gasteiger partial charge in [-0.2, -0.15) is 0 Å². The van der Waals surface area contributed by atoms with E-state index in [-0.39, 0.29) is 11.7 Å². The number of carbonyl (C=O) groups is 2. The molecule has 1 aliphatic heterocycles. The van der Waals surface area contributed by atoms with E-state index in [1.54, 1.807) is 6.20 Å². The van der Waals surface area contributed by atoms with Crippen LogP contribution in [0.4, 0.5) is 5.69 Å². The normalized spacial score (nSPS) is 19.2. The van der Waals surface area contributed by atoms with Crippen molar-refractivity contribution in [2.45, 2.75) is 38.1 Å². The number of ketones is 1. The van der Waals surface area contributed by atoms with Crippen LogP contribution in [0.5, 0.6) is 5.75 Å². The summed E-state index contributed by atoms with van der Waals surface area (Å²) in [6.07, 6.45) is 6.10. The third kappa shape index (κ3) is 3.51. The first-order valence-corrected chi connectivity index (χ1v) is 9.22. The van der Waals surface area contributed by atoms with Crippen LogP contribution < -0.4 is 15.4 Å². The molecule has 1 atom stereocenters. The van der Waals surface area contributed by atoms with Crippen LogP contribution in [-0.2, 0) is 6.42 Å². The van der Waals surface area contributed by atoms with Gasteiger partial charge in [-0.25, -0.2) is 0 Å². The number of aromatic nitrogens is 1. The Kier molecular flexibility index (Phi) is 4.75. The van der Waals surface area contributed by atoms with Gasteiger partial charge in [-0.3, -0.25) is 9.59 Å². The van der Waals surface area contributed by atoms with Gasteiger partial charge in [-0.15, -0.1) is 0 Å². The fraction of sp³-hybridized carbons (Fsp3) is 0.400. The standard InChI is InChI=1S/C20H23N3O3/c24-18-8-2-7-17-19(18)16(11-22-17)20(25)23-13-4-1-6-15(10-13)26-12-14-5-3-9-21-14/h1,4,6,10-11,14,21-22H,2-3,5,7-9,12H2,(H,23,25). The first-order chi connectivity index (χ1) is 12.7. The van der Waals surface area contributed by atoms with Gasteiger partial charge in [0.05, 0.1) is 11.1 Å². The van der Waals surface area contributed by atoms with Crippen molar-refractivity contribution in [1.82, 2.24) is 10.3 Å². The zero-order chi connectivity index (χ0) is 17.9. The van der Waals surface area contributed by atoms with Gasteiger partial charge < -0.3 is 20.4 Å². The topological polar surface area (TPSA) is 83.2 Å². The number of aryl methyl sites for hydroxylation is 1. The van der Waals surface area contributed by atoms with Crippen molar-refractivity contribution in [3.05, 3.63) is 47.3 Å². The quantitative estimate of drug-likeness (QED) is 0.772. The lowest BCUT2D eigenvalue weighted by Gasteiger charge is -2.14. The van der Waals surface area contributed by atoms with Gasteiger partial charge in [0.2, 0.25) is 0 Å². The molecule has 2 aliphatic rings. The highest BCUT2D eigenvalue weighted by molar-refractivity contribution is 6.13. The third-order valence-electron chi connectivity index (χ3n) is 5.02. The fourth-order valence-electron chi connectivity index (χ4n) is 3.67. The molecule has 0 radical (unpaired) electrons. The highest BCUT2D eigenvalue weighted by atomic mass is 16.5. The van der Waals surface area contributed by atoms with Gasteiger partial charge in [0, 0.05) is 36.1 Å². The number of H-pyrrole nitrogens is 1. The Morgan fingerprint density at radius 2 is 2.19 bits per heavy atom. The summed E-state index contributed by atoms with van der Waals surface area (Å²) in [6, 6.07) is 7.76. The van der Waals surface area contributed by atoms with Crippen LogP contribution in [0.25, 0.3) is 0 Å². The van der Waals surface area contributed by atoms with Gasteiger partial charge >= 0.3 is 0 Å². The fourth-order valence-corrected chi connectivity index (χ4v) is 3.67. The predicted octanol–water partition coefficient (Wildman–Crippen LogP) is 2.92. The summed E-state index contributed by atoms with van der Waals surface area (Å²) in [7, 11) is 0. The van der Waals surface area contributed by atoms with Crippen LogP contribution in [0, 0.1) is 0 Å². The second-order valence-electron chi connectivity index (χ2n) is 6.92. The summed E-state index contributed by atoms with van der Waals surface area (Å²) in [6.45, 7) is 1.67. The SMILES string of the molecule is O=C(Nc1cccc(OCC2CCCN2)c1)c1c[nH]c2c1C(=O)CCC2. The van der Waals surface area contributed by atoms with E-state index < -0.39 is 0 Å². The van der Waals surface area contributed by atoms with Crippen molar-refractivity contribution in [1.29, 1.82) is 0 Å². The molecule has 136 valence electrons. The summed E-state index contributed by atoms with van der Waals surface area (Å²) in [4.78, 5) is 27.9. The lowest BCUT2D eigenvalue weighted by atomic mass is 9.93. The Labute approximate surface area is 152 Å². The smallest absolute Gasteiger partial charge is 0.257 e. The van der Waals surface area contributed by atoms with Crippen LogP contribution in [0.2, 0.25) is 0 Å². The zero-order valence-electron chi connectivity index (χ0n) is 14.6. The minimum atomic E-state index is -0.271. The minimum absolute atomic E-state index is 0.0406. The number of carbonyl (C=O) groups excluding carboxylic acids is 2. The maximum atomic E-state index is 12.6. The van der Waals surface area contributed by atoms with Crippen LogP contribution in [-0.4, -0.2) is 35.9 Å². The summed E-state index contributed by atoms with van der Waals surface area (Å²) < 4.78 is 5.84. The summed E-state index contributed by atoms with van der Waals surface area (Å²) in [5.41, 5.74) is 2.50. The van der Waals surface area contributed by atoms with Crippen LogP contribution >= 0.6 is 0 Å². The van der Waals surface area contributed by atoms with E-state index >= 15 is 0 Å². The Bertz CT molecular complexity index is 821. The first-order valence-electron chi connectivity index (χ1n) is 9.22. The number of anilines is 1. The van der Waals surface area contributed by atoms with E-state index in [1.807, 2.05) is 24.3 Å². The molecule has 2 heterocycles. The van der Waals surface area contributed by atoms with Crippen molar-refractivity contribution in [3.8, 4) is 5.75 Å². The molecule has 26 heavy (non-hydrogen) atoms. The van der Waals surface area contributed by atoms with Crippen molar-refractivity contribution >= 4 is 17.4 Å². The molecule has 0 spiro atoms. The van der Waals surface area contributed by atoms with E-state index in [1.165, 1.54) is 6.42 Å². The molecule has 1 aromatic heterocycles. The average Bonchev–Trinajstić information content (AvgIpc) is 3.30. The molecule has 3 N–H and O–H groups in total. The lowest BCUT2D eigenvalue weighted by Crippen LogP contribution is -2.28. The van der Waals surface area contributed by atoms with E-state index in [9.17, 15) is 9.59 Å². The Balaban J connectivity index is 1.44. The summed E-state index contributed by atoms with van der Waals surface area (Å²) in [5.74, 6) is 0.495. The molecule has 2 aromatic rings. The lowest BCUT2D eigenvalue weighted by molar-refractivity contribution is 0.0956. The van der Waals surface area contributed by atoms with E-state index in [0.717, 1.165) is 37.3 Å².